The first-order valence-electron chi connectivity index (χ1n) is 4.84. The molecule has 0 aliphatic rings. The van der Waals surface area contributed by atoms with Gasteiger partial charge in [0.15, 0.2) is 0 Å². The van der Waals surface area contributed by atoms with Gasteiger partial charge in [-0.1, -0.05) is 0 Å². The van der Waals surface area contributed by atoms with E-state index >= 15 is 0 Å². The van der Waals surface area contributed by atoms with Crippen LogP contribution < -0.4 is 5.32 Å². The highest BCUT2D eigenvalue weighted by atomic mass is 32.2. The number of nitro groups is 1. The Labute approximate surface area is 102 Å². The number of aliphatic hydroxyl groups excluding tert-OH is 1. The molecule has 0 aliphatic heterocycles. The van der Waals surface area contributed by atoms with Crippen molar-refractivity contribution < 1.29 is 14.8 Å². The maximum absolute atomic E-state index is 10.9. The molecular weight excluding hydrogens is 244 g/mol. The summed E-state index contributed by atoms with van der Waals surface area (Å²) in [6, 6.07) is 4.34. The lowest BCUT2D eigenvalue weighted by Gasteiger charge is -2.06. The summed E-state index contributed by atoms with van der Waals surface area (Å²) in [5, 5.41) is 22.0. The fourth-order valence-electron chi connectivity index (χ4n) is 1.22. The van der Waals surface area contributed by atoms with Gasteiger partial charge in [0.2, 0.25) is 5.91 Å². The number of nitrogens with one attached hydrogen (secondary N) is 1. The van der Waals surface area contributed by atoms with E-state index in [2.05, 4.69) is 5.32 Å². The highest BCUT2D eigenvalue weighted by Gasteiger charge is 2.14. The van der Waals surface area contributed by atoms with Crippen molar-refractivity contribution in [3.05, 3.63) is 28.3 Å². The molecular formula is C10H12N2O4S. The van der Waals surface area contributed by atoms with Crippen LogP contribution in [0.15, 0.2) is 23.1 Å². The Bertz CT molecular complexity index is 436. The summed E-state index contributed by atoms with van der Waals surface area (Å²) in [7, 11) is 0. The second-order valence-corrected chi connectivity index (χ2v) is 4.33. The fourth-order valence-corrected chi connectivity index (χ4v) is 2.03. The van der Waals surface area contributed by atoms with Gasteiger partial charge in [-0.2, -0.15) is 0 Å². The van der Waals surface area contributed by atoms with Crippen LogP contribution >= 0.6 is 11.8 Å². The highest BCUT2D eigenvalue weighted by Crippen LogP contribution is 2.31. The lowest BCUT2D eigenvalue weighted by atomic mass is 10.3. The van der Waals surface area contributed by atoms with E-state index in [9.17, 15) is 14.9 Å². The van der Waals surface area contributed by atoms with E-state index in [-0.39, 0.29) is 18.2 Å². The van der Waals surface area contributed by atoms with Crippen molar-refractivity contribution in [2.75, 3.05) is 17.7 Å². The van der Waals surface area contributed by atoms with E-state index in [1.807, 2.05) is 0 Å². The Morgan fingerprint density at radius 2 is 2.29 bits per heavy atom. The number of benzene rings is 1. The number of carbonyl (C=O) groups is 1. The van der Waals surface area contributed by atoms with Crippen molar-refractivity contribution in [2.45, 2.75) is 11.8 Å². The van der Waals surface area contributed by atoms with E-state index in [0.717, 1.165) is 0 Å². The third-order valence-corrected chi connectivity index (χ3v) is 2.85. The lowest BCUT2D eigenvalue weighted by molar-refractivity contribution is -0.387. The molecule has 7 heteroatoms. The van der Waals surface area contributed by atoms with Gasteiger partial charge in [0.1, 0.15) is 0 Å². The van der Waals surface area contributed by atoms with Gasteiger partial charge < -0.3 is 10.4 Å². The third-order valence-electron chi connectivity index (χ3n) is 1.83. The summed E-state index contributed by atoms with van der Waals surface area (Å²) in [6.45, 7) is 1.30. The molecule has 0 fully saturated rings. The number of nitrogens with zero attached hydrogens (tertiary/aromatic N) is 1. The zero-order valence-corrected chi connectivity index (χ0v) is 9.99. The molecule has 2 N–H and O–H groups in total. The van der Waals surface area contributed by atoms with Gasteiger partial charge in [-0.3, -0.25) is 14.9 Å². The Morgan fingerprint density at radius 3 is 2.82 bits per heavy atom. The quantitative estimate of drug-likeness (QED) is 0.474. The van der Waals surface area contributed by atoms with Crippen molar-refractivity contribution in [1.29, 1.82) is 0 Å². The Hall–Kier alpha value is -1.60. The molecule has 0 unspecified atom stereocenters. The molecule has 92 valence electrons. The Morgan fingerprint density at radius 1 is 1.59 bits per heavy atom. The average molecular weight is 256 g/mol. The maximum atomic E-state index is 10.9. The summed E-state index contributed by atoms with van der Waals surface area (Å²) in [6.07, 6.45) is 0. The van der Waals surface area contributed by atoms with Crippen molar-refractivity contribution in [1.82, 2.24) is 0 Å². The van der Waals surface area contributed by atoms with Crippen LogP contribution in [0.2, 0.25) is 0 Å². The second-order valence-electron chi connectivity index (χ2n) is 3.19. The lowest BCUT2D eigenvalue weighted by Crippen LogP contribution is -2.06. The molecule has 0 bridgehead atoms. The molecule has 6 nitrogen and oxygen atoms in total. The minimum atomic E-state index is -0.489. The molecule has 0 heterocycles. The zero-order chi connectivity index (χ0) is 12.8. The summed E-state index contributed by atoms with van der Waals surface area (Å²) in [5.74, 6) is 0.127. The van der Waals surface area contributed by atoms with E-state index in [4.69, 9.17) is 5.11 Å². The maximum Gasteiger partial charge on any atom is 0.283 e. The molecule has 0 radical (unpaired) electrons. The van der Waals surface area contributed by atoms with Gasteiger partial charge in [0.05, 0.1) is 16.4 Å². The highest BCUT2D eigenvalue weighted by molar-refractivity contribution is 7.99. The van der Waals surface area contributed by atoms with Crippen LogP contribution in [0.1, 0.15) is 6.92 Å². The van der Waals surface area contributed by atoms with E-state index in [0.29, 0.717) is 16.3 Å². The predicted octanol–water partition coefficient (Wildman–Crippen LogP) is 1.64. The van der Waals surface area contributed by atoms with E-state index in [1.165, 1.54) is 36.9 Å². The van der Waals surface area contributed by atoms with Crippen molar-refractivity contribution >= 4 is 29.0 Å². The van der Waals surface area contributed by atoms with Crippen molar-refractivity contribution in [3.63, 3.8) is 0 Å². The van der Waals surface area contributed by atoms with Crippen LogP contribution in [0.4, 0.5) is 11.4 Å². The van der Waals surface area contributed by atoms with E-state index < -0.39 is 4.92 Å². The molecule has 1 aromatic carbocycles. The van der Waals surface area contributed by atoms with Gasteiger partial charge in [0, 0.05) is 24.4 Å². The first kappa shape index (κ1) is 13.5. The molecule has 0 aromatic heterocycles. The number of amides is 1. The van der Waals surface area contributed by atoms with Crippen molar-refractivity contribution in [3.8, 4) is 0 Å². The summed E-state index contributed by atoms with van der Waals surface area (Å²) in [4.78, 5) is 21.6. The van der Waals surface area contributed by atoms with Crippen LogP contribution in [0.25, 0.3) is 0 Å². The minimum Gasteiger partial charge on any atom is -0.396 e. The zero-order valence-electron chi connectivity index (χ0n) is 9.17. The normalized spacial score (nSPS) is 10.0. The van der Waals surface area contributed by atoms with Gasteiger partial charge in [-0.25, -0.2) is 0 Å². The third kappa shape index (κ3) is 4.04. The largest absolute Gasteiger partial charge is 0.396 e. The van der Waals surface area contributed by atoms with E-state index in [1.54, 1.807) is 0 Å². The second kappa shape index (κ2) is 6.21. The van der Waals surface area contributed by atoms with Crippen LogP contribution in [0.3, 0.4) is 0 Å². The number of anilines is 1. The fraction of sp³-hybridized carbons (Fsp3) is 0.300. The summed E-state index contributed by atoms with van der Waals surface area (Å²) >= 11 is 1.17. The number of hydrogen-bond donors (Lipinski definition) is 2. The summed E-state index contributed by atoms with van der Waals surface area (Å²) in [5.41, 5.74) is 0.473. The standard InChI is InChI=1S/C10H12N2O4S/c1-7(14)11-8-2-3-9(12(15)16)10(6-8)17-5-4-13/h2-3,6,13H,4-5H2,1H3,(H,11,14). The molecule has 17 heavy (non-hydrogen) atoms. The van der Waals surface area contributed by atoms with Gasteiger partial charge in [0.25, 0.3) is 5.69 Å². The van der Waals surface area contributed by atoms with Crippen LogP contribution in [-0.4, -0.2) is 28.3 Å². The first-order valence-corrected chi connectivity index (χ1v) is 5.83. The van der Waals surface area contributed by atoms with Gasteiger partial charge in [-0.05, 0) is 12.1 Å². The van der Waals surface area contributed by atoms with Crippen molar-refractivity contribution in [2.24, 2.45) is 0 Å². The molecule has 0 aliphatic carbocycles. The molecule has 0 saturated carbocycles. The van der Waals surface area contributed by atoms with Gasteiger partial charge in [-0.15, -0.1) is 11.8 Å². The van der Waals surface area contributed by atoms with Crippen LogP contribution in [0.5, 0.6) is 0 Å². The number of carbonyl (C=O) groups excluding carboxylic acids is 1. The predicted molar refractivity (Wildman–Crippen MR) is 65.2 cm³/mol. The van der Waals surface area contributed by atoms with Crippen LogP contribution in [-0.2, 0) is 4.79 Å². The smallest absolute Gasteiger partial charge is 0.283 e. The number of nitro benzene ring substituents is 1. The number of thioether (sulfide) groups is 1. The van der Waals surface area contributed by atoms with Crippen LogP contribution in [0, 0.1) is 10.1 Å². The molecule has 1 amide bonds. The average Bonchev–Trinajstić information content (AvgIpc) is 2.25. The number of hydrogen-bond acceptors (Lipinski definition) is 5. The summed E-state index contributed by atoms with van der Waals surface area (Å²) < 4.78 is 0. The number of rotatable bonds is 5. The molecule has 0 atom stereocenters. The first-order chi connectivity index (χ1) is 8.04. The topological polar surface area (TPSA) is 92.5 Å². The SMILES string of the molecule is CC(=O)Nc1ccc([N+](=O)[O-])c(SCCO)c1. The minimum absolute atomic E-state index is 0.0300. The number of aliphatic hydroxyl groups is 1. The molecule has 1 rings (SSSR count). The molecule has 1 aromatic rings. The molecule has 0 saturated heterocycles. The molecule has 0 spiro atoms. The van der Waals surface area contributed by atoms with Gasteiger partial charge >= 0.3 is 0 Å². The monoisotopic (exact) mass is 256 g/mol. The Balaban J connectivity index is 3.00. The Kier molecular flexibility index (Phi) is 4.92.